The van der Waals surface area contributed by atoms with E-state index in [9.17, 15) is 9.18 Å². The summed E-state index contributed by atoms with van der Waals surface area (Å²) in [6.07, 6.45) is 1.81. The average Bonchev–Trinajstić information content (AvgIpc) is 2.48. The van der Waals surface area contributed by atoms with Crippen molar-refractivity contribution in [1.82, 2.24) is 5.32 Å². The molecule has 0 bridgehead atoms. The first-order chi connectivity index (χ1) is 10.1. The number of nitrogens with one attached hydrogen (secondary N) is 1. The first kappa shape index (κ1) is 15.5. The molecule has 0 heterocycles. The van der Waals surface area contributed by atoms with Crippen LogP contribution >= 0.6 is 11.6 Å². The van der Waals surface area contributed by atoms with Crippen molar-refractivity contribution in [3.05, 3.63) is 70.5 Å². The fourth-order valence-electron chi connectivity index (χ4n) is 2.07. The summed E-state index contributed by atoms with van der Waals surface area (Å²) in [6, 6.07) is 14.4. The zero-order valence-electron chi connectivity index (χ0n) is 11.6. The maximum absolute atomic E-state index is 13.6. The third-order valence-electron chi connectivity index (χ3n) is 3.17. The van der Waals surface area contributed by atoms with Gasteiger partial charge in [0.25, 0.3) is 0 Å². The molecule has 2 aromatic carbocycles. The third kappa shape index (κ3) is 5.20. The van der Waals surface area contributed by atoms with Crippen molar-refractivity contribution < 1.29 is 9.18 Å². The second-order valence-electron chi connectivity index (χ2n) is 4.85. The molecule has 0 aliphatic heterocycles. The van der Waals surface area contributed by atoms with Crippen molar-refractivity contribution in [3.63, 3.8) is 0 Å². The molecule has 4 heteroatoms. The second-order valence-corrected chi connectivity index (χ2v) is 5.29. The van der Waals surface area contributed by atoms with Gasteiger partial charge in [0.05, 0.1) is 6.42 Å². The van der Waals surface area contributed by atoms with E-state index in [0.29, 0.717) is 17.1 Å². The molecule has 1 N–H and O–H groups in total. The van der Waals surface area contributed by atoms with Crippen LogP contribution in [0.4, 0.5) is 4.39 Å². The first-order valence-electron chi connectivity index (χ1n) is 6.90. The van der Waals surface area contributed by atoms with Crippen LogP contribution in [0.3, 0.4) is 0 Å². The molecule has 0 fully saturated rings. The summed E-state index contributed by atoms with van der Waals surface area (Å²) in [5.41, 5.74) is 1.61. The average molecular weight is 306 g/mol. The van der Waals surface area contributed by atoms with Crippen molar-refractivity contribution >= 4 is 17.5 Å². The van der Waals surface area contributed by atoms with Crippen LogP contribution in [0.15, 0.2) is 48.5 Å². The van der Waals surface area contributed by atoms with Crippen molar-refractivity contribution in [2.45, 2.75) is 19.3 Å². The number of rotatable bonds is 6. The molecule has 110 valence electrons. The normalized spacial score (nSPS) is 10.4. The van der Waals surface area contributed by atoms with Crippen LogP contribution in [-0.4, -0.2) is 12.5 Å². The topological polar surface area (TPSA) is 29.1 Å². The Bertz CT molecular complexity index is 601. The number of carbonyl (C=O) groups is 1. The molecule has 0 radical (unpaired) electrons. The van der Waals surface area contributed by atoms with E-state index in [2.05, 4.69) is 17.4 Å². The molecule has 2 rings (SSSR count). The predicted octanol–water partition coefficient (Wildman–Crippen LogP) is 3.77. The Morgan fingerprint density at radius 2 is 1.90 bits per heavy atom. The standard InChI is InChI=1S/C17H17ClFNO/c18-15-9-8-14(16(19)12-15)11-17(21)20-10-4-7-13-5-2-1-3-6-13/h1-3,5-6,8-9,12H,4,7,10-11H2,(H,20,21). The number of halogens is 2. The molecule has 0 spiro atoms. The van der Waals surface area contributed by atoms with Gasteiger partial charge in [-0.2, -0.15) is 0 Å². The van der Waals surface area contributed by atoms with Gasteiger partial charge < -0.3 is 5.32 Å². The highest BCUT2D eigenvalue weighted by molar-refractivity contribution is 6.30. The number of aryl methyl sites for hydroxylation is 1. The molecule has 0 aliphatic carbocycles. The van der Waals surface area contributed by atoms with E-state index in [0.717, 1.165) is 12.8 Å². The minimum absolute atomic E-state index is 0.0361. The Hall–Kier alpha value is -1.87. The van der Waals surface area contributed by atoms with Crippen molar-refractivity contribution in [2.24, 2.45) is 0 Å². The molecule has 0 aromatic heterocycles. The van der Waals surface area contributed by atoms with Gasteiger partial charge in [0.15, 0.2) is 0 Å². The zero-order valence-corrected chi connectivity index (χ0v) is 12.4. The van der Waals surface area contributed by atoms with Crippen LogP contribution in [0, 0.1) is 5.82 Å². The number of amides is 1. The monoisotopic (exact) mass is 305 g/mol. The van der Waals surface area contributed by atoms with Crippen molar-refractivity contribution in [2.75, 3.05) is 6.54 Å². The molecule has 1 amide bonds. The van der Waals surface area contributed by atoms with E-state index in [-0.39, 0.29) is 12.3 Å². The van der Waals surface area contributed by atoms with E-state index in [1.54, 1.807) is 12.1 Å². The highest BCUT2D eigenvalue weighted by Gasteiger charge is 2.08. The lowest BCUT2D eigenvalue weighted by atomic mass is 10.1. The van der Waals surface area contributed by atoms with Crippen molar-refractivity contribution in [3.8, 4) is 0 Å². The lowest BCUT2D eigenvalue weighted by Crippen LogP contribution is -2.26. The molecule has 0 saturated carbocycles. The van der Waals surface area contributed by atoms with Gasteiger partial charge in [0.1, 0.15) is 5.82 Å². The number of hydrogen-bond donors (Lipinski definition) is 1. The van der Waals surface area contributed by atoms with Crippen LogP contribution < -0.4 is 5.32 Å². The molecule has 21 heavy (non-hydrogen) atoms. The molecule has 2 aromatic rings. The number of carbonyl (C=O) groups excluding carboxylic acids is 1. The summed E-state index contributed by atoms with van der Waals surface area (Å²) in [5, 5.41) is 3.14. The first-order valence-corrected chi connectivity index (χ1v) is 7.27. The number of hydrogen-bond acceptors (Lipinski definition) is 1. The Morgan fingerprint density at radius 3 is 2.62 bits per heavy atom. The Kier molecular flexibility index (Phi) is 5.76. The van der Waals surface area contributed by atoms with E-state index in [4.69, 9.17) is 11.6 Å². The lowest BCUT2D eigenvalue weighted by Gasteiger charge is -2.06. The van der Waals surface area contributed by atoms with Gasteiger partial charge in [-0.3, -0.25) is 4.79 Å². The summed E-state index contributed by atoms with van der Waals surface area (Å²) in [7, 11) is 0. The molecular formula is C17H17ClFNO. The van der Waals surface area contributed by atoms with Gasteiger partial charge in [-0.25, -0.2) is 4.39 Å². The smallest absolute Gasteiger partial charge is 0.224 e. The van der Waals surface area contributed by atoms with Gasteiger partial charge in [0, 0.05) is 11.6 Å². The maximum atomic E-state index is 13.6. The Balaban J connectivity index is 1.72. The van der Waals surface area contributed by atoms with Crippen LogP contribution in [0.25, 0.3) is 0 Å². The fraction of sp³-hybridized carbons (Fsp3) is 0.235. The second kappa shape index (κ2) is 7.79. The van der Waals surface area contributed by atoms with Crippen molar-refractivity contribution in [1.29, 1.82) is 0 Å². The quantitative estimate of drug-likeness (QED) is 0.809. The molecular weight excluding hydrogens is 289 g/mol. The fourth-order valence-corrected chi connectivity index (χ4v) is 2.22. The van der Waals surface area contributed by atoms with E-state index in [1.807, 2.05) is 18.2 Å². The van der Waals surface area contributed by atoms with Gasteiger partial charge in [-0.05, 0) is 36.1 Å². The van der Waals surface area contributed by atoms with Gasteiger partial charge in [-0.15, -0.1) is 0 Å². The van der Waals surface area contributed by atoms with E-state index < -0.39 is 5.82 Å². The van der Waals surface area contributed by atoms with E-state index in [1.165, 1.54) is 11.6 Å². The molecule has 2 nitrogen and oxygen atoms in total. The van der Waals surface area contributed by atoms with Gasteiger partial charge >= 0.3 is 0 Å². The number of benzene rings is 2. The Morgan fingerprint density at radius 1 is 1.14 bits per heavy atom. The summed E-state index contributed by atoms with van der Waals surface area (Å²) in [6.45, 7) is 0.586. The maximum Gasteiger partial charge on any atom is 0.224 e. The minimum atomic E-state index is -0.443. The molecule has 0 unspecified atom stereocenters. The van der Waals surface area contributed by atoms with Crippen LogP contribution in [0.1, 0.15) is 17.5 Å². The van der Waals surface area contributed by atoms with Gasteiger partial charge in [0.2, 0.25) is 5.91 Å². The molecule has 0 saturated heterocycles. The molecule has 0 aliphatic rings. The molecule has 0 atom stereocenters. The lowest BCUT2D eigenvalue weighted by molar-refractivity contribution is -0.120. The predicted molar refractivity (Wildman–Crippen MR) is 82.9 cm³/mol. The van der Waals surface area contributed by atoms with Crippen LogP contribution in [-0.2, 0) is 17.6 Å². The van der Waals surface area contributed by atoms with Crippen LogP contribution in [0.2, 0.25) is 5.02 Å². The van der Waals surface area contributed by atoms with Crippen LogP contribution in [0.5, 0.6) is 0 Å². The van der Waals surface area contributed by atoms with Gasteiger partial charge in [-0.1, -0.05) is 48.0 Å². The Labute approximate surface area is 128 Å². The minimum Gasteiger partial charge on any atom is -0.356 e. The summed E-state index contributed by atoms with van der Waals surface area (Å²) in [5.74, 6) is -0.619. The summed E-state index contributed by atoms with van der Waals surface area (Å²) >= 11 is 5.67. The van der Waals surface area contributed by atoms with E-state index >= 15 is 0 Å². The SMILES string of the molecule is O=C(Cc1ccc(Cl)cc1F)NCCCc1ccccc1. The summed E-state index contributed by atoms with van der Waals surface area (Å²) in [4.78, 5) is 11.8. The zero-order chi connectivity index (χ0) is 15.1. The third-order valence-corrected chi connectivity index (χ3v) is 3.41. The highest BCUT2D eigenvalue weighted by Crippen LogP contribution is 2.14. The summed E-state index contributed by atoms with van der Waals surface area (Å²) < 4.78 is 13.6. The highest BCUT2D eigenvalue weighted by atomic mass is 35.5. The largest absolute Gasteiger partial charge is 0.356 e.